The first-order valence-electron chi connectivity index (χ1n) is 3.77. The fourth-order valence-corrected chi connectivity index (χ4v) is 1.25. The molecule has 12 heavy (non-hydrogen) atoms. The molecule has 0 aromatic heterocycles. The van der Waals surface area contributed by atoms with Crippen LogP contribution in [-0.4, -0.2) is 11.7 Å². The number of aliphatic hydroxyl groups excluding tert-OH is 1. The van der Waals surface area contributed by atoms with Crippen LogP contribution in [0.25, 0.3) is 0 Å². The van der Waals surface area contributed by atoms with Crippen LogP contribution in [0.5, 0.6) is 0 Å². The topological polar surface area (TPSA) is 46.2 Å². The van der Waals surface area contributed by atoms with Crippen LogP contribution < -0.4 is 5.73 Å². The van der Waals surface area contributed by atoms with Crippen LogP contribution in [0.2, 0.25) is 0 Å². The van der Waals surface area contributed by atoms with Crippen LogP contribution in [0, 0.1) is 6.92 Å². The van der Waals surface area contributed by atoms with Crippen molar-refractivity contribution < 1.29 is 5.11 Å². The minimum absolute atomic E-state index is 0.0128. The third-order valence-corrected chi connectivity index (χ3v) is 2.70. The van der Waals surface area contributed by atoms with Gasteiger partial charge in [0.15, 0.2) is 0 Å². The third kappa shape index (κ3) is 2.06. The summed E-state index contributed by atoms with van der Waals surface area (Å²) in [7, 11) is 0. The first kappa shape index (κ1) is 9.71. The SMILES string of the molecule is Cc1cc(C(N)CO)ccc1Br. The zero-order valence-corrected chi connectivity index (χ0v) is 8.51. The molecule has 0 bridgehead atoms. The Bertz CT molecular complexity index is 275. The van der Waals surface area contributed by atoms with E-state index in [0.29, 0.717) is 0 Å². The molecule has 0 heterocycles. The molecule has 3 heteroatoms. The van der Waals surface area contributed by atoms with E-state index in [-0.39, 0.29) is 12.6 Å². The van der Waals surface area contributed by atoms with Crippen molar-refractivity contribution in [2.75, 3.05) is 6.61 Å². The molecule has 1 atom stereocenters. The van der Waals surface area contributed by atoms with Crippen molar-refractivity contribution in [3.05, 3.63) is 33.8 Å². The lowest BCUT2D eigenvalue weighted by Crippen LogP contribution is -2.14. The molecule has 1 unspecified atom stereocenters. The van der Waals surface area contributed by atoms with Gasteiger partial charge in [-0.2, -0.15) is 0 Å². The van der Waals surface area contributed by atoms with Gasteiger partial charge in [-0.15, -0.1) is 0 Å². The summed E-state index contributed by atoms with van der Waals surface area (Å²) in [5, 5.41) is 8.81. The molecule has 0 spiro atoms. The average molecular weight is 230 g/mol. The summed E-state index contributed by atoms with van der Waals surface area (Å²) in [6.07, 6.45) is 0. The number of halogens is 1. The summed E-state index contributed by atoms with van der Waals surface area (Å²) in [4.78, 5) is 0. The minimum atomic E-state index is -0.267. The maximum atomic E-state index is 8.81. The fraction of sp³-hybridized carbons (Fsp3) is 0.333. The summed E-state index contributed by atoms with van der Waals surface area (Å²) < 4.78 is 1.07. The van der Waals surface area contributed by atoms with Crippen LogP contribution in [0.15, 0.2) is 22.7 Å². The molecule has 0 saturated carbocycles. The summed E-state index contributed by atoms with van der Waals surface area (Å²) in [5.74, 6) is 0. The second-order valence-electron chi connectivity index (χ2n) is 2.80. The van der Waals surface area contributed by atoms with E-state index < -0.39 is 0 Å². The van der Waals surface area contributed by atoms with Crippen molar-refractivity contribution in [1.29, 1.82) is 0 Å². The molecule has 3 N–H and O–H groups in total. The van der Waals surface area contributed by atoms with E-state index >= 15 is 0 Å². The molecule has 0 radical (unpaired) electrons. The van der Waals surface area contributed by atoms with E-state index in [2.05, 4.69) is 15.9 Å². The Balaban J connectivity index is 2.96. The molecule has 2 nitrogen and oxygen atoms in total. The van der Waals surface area contributed by atoms with E-state index in [4.69, 9.17) is 10.8 Å². The number of aryl methyl sites for hydroxylation is 1. The van der Waals surface area contributed by atoms with Crippen LogP contribution in [-0.2, 0) is 0 Å². The predicted octanol–water partition coefficient (Wildman–Crippen LogP) is 1.75. The van der Waals surface area contributed by atoms with Gasteiger partial charge in [-0.05, 0) is 24.1 Å². The molecule has 0 saturated heterocycles. The summed E-state index contributed by atoms with van der Waals surface area (Å²) in [5.41, 5.74) is 7.75. The van der Waals surface area contributed by atoms with E-state index in [9.17, 15) is 0 Å². The van der Waals surface area contributed by atoms with Gasteiger partial charge in [-0.25, -0.2) is 0 Å². The Morgan fingerprint density at radius 1 is 1.58 bits per heavy atom. The third-order valence-electron chi connectivity index (χ3n) is 1.81. The normalized spacial score (nSPS) is 13.0. The summed E-state index contributed by atoms with van der Waals surface area (Å²) in [6, 6.07) is 5.57. The molecular weight excluding hydrogens is 218 g/mol. The van der Waals surface area contributed by atoms with Crippen molar-refractivity contribution in [2.24, 2.45) is 5.73 Å². The lowest BCUT2D eigenvalue weighted by Gasteiger charge is -2.09. The second kappa shape index (κ2) is 4.03. The predicted molar refractivity (Wildman–Crippen MR) is 52.9 cm³/mol. The van der Waals surface area contributed by atoms with Crippen molar-refractivity contribution >= 4 is 15.9 Å². The zero-order chi connectivity index (χ0) is 9.14. The van der Waals surface area contributed by atoms with Crippen molar-refractivity contribution in [2.45, 2.75) is 13.0 Å². The number of aliphatic hydroxyl groups is 1. The van der Waals surface area contributed by atoms with Crippen LogP contribution in [0.4, 0.5) is 0 Å². The van der Waals surface area contributed by atoms with Gasteiger partial charge >= 0.3 is 0 Å². The zero-order valence-electron chi connectivity index (χ0n) is 6.92. The van der Waals surface area contributed by atoms with E-state index in [1.54, 1.807) is 0 Å². The highest BCUT2D eigenvalue weighted by Crippen LogP contribution is 2.19. The largest absolute Gasteiger partial charge is 0.394 e. The van der Waals surface area contributed by atoms with Crippen LogP contribution in [0.3, 0.4) is 0 Å². The average Bonchev–Trinajstić information content (AvgIpc) is 2.08. The first-order valence-corrected chi connectivity index (χ1v) is 4.57. The summed E-state index contributed by atoms with van der Waals surface area (Å²) >= 11 is 3.40. The van der Waals surface area contributed by atoms with E-state index in [1.165, 1.54) is 0 Å². The smallest absolute Gasteiger partial charge is 0.0624 e. The highest BCUT2D eigenvalue weighted by Gasteiger charge is 2.04. The van der Waals surface area contributed by atoms with Gasteiger partial charge in [0.05, 0.1) is 12.6 Å². The molecule has 66 valence electrons. The quantitative estimate of drug-likeness (QED) is 0.812. The Kier molecular flexibility index (Phi) is 3.26. The van der Waals surface area contributed by atoms with E-state index in [1.807, 2.05) is 25.1 Å². The molecule has 0 aliphatic heterocycles. The Labute approximate surface area is 80.5 Å². The van der Waals surface area contributed by atoms with E-state index in [0.717, 1.165) is 15.6 Å². The maximum absolute atomic E-state index is 8.81. The minimum Gasteiger partial charge on any atom is -0.394 e. The molecule has 1 rings (SSSR count). The van der Waals surface area contributed by atoms with Gasteiger partial charge in [0.2, 0.25) is 0 Å². The number of benzene rings is 1. The van der Waals surface area contributed by atoms with Crippen molar-refractivity contribution in [3.8, 4) is 0 Å². The highest BCUT2D eigenvalue weighted by molar-refractivity contribution is 9.10. The Morgan fingerprint density at radius 3 is 2.75 bits per heavy atom. The monoisotopic (exact) mass is 229 g/mol. The number of rotatable bonds is 2. The molecular formula is C9H12BrNO. The van der Waals surface area contributed by atoms with Gasteiger partial charge < -0.3 is 10.8 Å². The van der Waals surface area contributed by atoms with Gasteiger partial charge in [0.25, 0.3) is 0 Å². The Morgan fingerprint density at radius 2 is 2.25 bits per heavy atom. The number of hydrogen-bond acceptors (Lipinski definition) is 2. The molecule has 0 fully saturated rings. The number of hydrogen-bond donors (Lipinski definition) is 2. The van der Waals surface area contributed by atoms with Gasteiger partial charge in [-0.3, -0.25) is 0 Å². The number of nitrogens with two attached hydrogens (primary N) is 1. The molecule has 0 aliphatic rings. The van der Waals surface area contributed by atoms with Crippen LogP contribution >= 0.6 is 15.9 Å². The van der Waals surface area contributed by atoms with Crippen molar-refractivity contribution in [1.82, 2.24) is 0 Å². The van der Waals surface area contributed by atoms with Gasteiger partial charge in [0, 0.05) is 4.47 Å². The summed E-state index contributed by atoms with van der Waals surface area (Å²) in [6.45, 7) is 1.98. The highest BCUT2D eigenvalue weighted by atomic mass is 79.9. The van der Waals surface area contributed by atoms with Crippen molar-refractivity contribution in [3.63, 3.8) is 0 Å². The molecule has 0 aliphatic carbocycles. The van der Waals surface area contributed by atoms with Crippen LogP contribution in [0.1, 0.15) is 17.2 Å². The fourth-order valence-electron chi connectivity index (χ4n) is 1.00. The first-order chi connectivity index (χ1) is 5.65. The van der Waals surface area contributed by atoms with Gasteiger partial charge in [-0.1, -0.05) is 28.1 Å². The molecule has 1 aromatic carbocycles. The van der Waals surface area contributed by atoms with Gasteiger partial charge in [0.1, 0.15) is 0 Å². The molecule has 1 aromatic rings. The molecule has 0 amide bonds. The lowest BCUT2D eigenvalue weighted by molar-refractivity contribution is 0.268. The lowest BCUT2D eigenvalue weighted by atomic mass is 10.1. The second-order valence-corrected chi connectivity index (χ2v) is 3.65. The standard InChI is InChI=1S/C9H12BrNO/c1-6-4-7(9(11)5-12)2-3-8(6)10/h2-4,9,12H,5,11H2,1H3. The maximum Gasteiger partial charge on any atom is 0.0624 e. The Hall–Kier alpha value is -0.380.